The number of rotatable bonds is 4. The van der Waals surface area contributed by atoms with E-state index in [4.69, 9.17) is 4.74 Å². The average molecular weight is 417 g/mol. The number of piperidine rings is 1. The molecule has 156 valence electrons. The molecule has 0 aliphatic carbocycles. The Kier molecular flexibility index (Phi) is 5.43. The number of pyridine rings is 2. The second-order valence-electron chi connectivity index (χ2n) is 6.87. The minimum Gasteiger partial charge on any atom is -0.490 e. The Morgan fingerprint density at radius 1 is 1.00 bits per heavy atom. The standard InChI is InChI=1S/C21H18F3N3O3/c22-21(23,24)30-16-4-1-3-15(13-16)29-14-7-11-27(12-8-14)20(28)18-6-10-26-19-17(18)5-2-9-25-19/h1-6,9-10,13-14H,7-8,11-12H2. The minimum absolute atomic E-state index is 0.102. The lowest BCUT2D eigenvalue weighted by Gasteiger charge is -2.32. The summed E-state index contributed by atoms with van der Waals surface area (Å²) in [6, 6.07) is 10.7. The number of amides is 1. The predicted octanol–water partition coefficient (Wildman–Crippen LogP) is 4.21. The first-order valence-corrected chi connectivity index (χ1v) is 9.40. The maximum Gasteiger partial charge on any atom is 0.573 e. The fourth-order valence-corrected chi connectivity index (χ4v) is 3.45. The smallest absolute Gasteiger partial charge is 0.490 e. The van der Waals surface area contributed by atoms with E-state index in [0.717, 1.165) is 0 Å². The lowest BCUT2D eigenvalue weighted by atomic mass is 10.0. The van der Waals surface area contributed by atoms with Crippen LogP contribution in [0.15, 0.2) is 54.9 Å². The van der Waals surface area contributed by atoms with Crippen molar-refractivity contribution in [3.8, 4) is 11.5 Å². The molecule has 3 heterocycles. The molecule has 0 saturated carbocycles. The number of fused-ring (bicyclic) bond motifs is 1. The third-order valence-electron chi connectivity index (χ3n) is 4.82. The van der Waals surface area contributed by atoms with Gasteiger partial charge in [-0.05, 0) is 30.3 Å². The highest BCUT2D eigenvalue weighted by atomic mass is 19.4. The number of nitrogens with zero attached hydrogens (tertiary/aromatic N) is 3. The van der Waals surface area contributed by atoms with Crippen LogP contribution in [0.3, 0.4) is 0 Å². The highest BCUT2D eigenvalue weighted by molar-refractivity contribution is 6.05. The summed E-state index contributed by atoms with van der Waals surface area (Å²) in [5.74, 6) is -0.132. The molecule has 6 nitrogen and oxygen atoms in total. The van der Waals surface area contributed by atoms with Gasteiger partial charge in [0.05, 0.1) is 5.56 Å². The average Bonchev–Trinajstić information content (AvgIpc) is 2.72. The Hall–Kier alpha value is -3.36. The Morgan fingerprint density at radius 3 is 2.50 bits per heavy atom. The topological polar surface area (TPSA) is 64.6 Å². The van der Waals surface area contributed by atoms with E-state index in [0.29, 0.717) is 48.3 Å². The van der Waals surface area contributed by atoms with Crippen LogP contribution in [0.2, 0.25) is 0 Å². The number of likely N-dealkylation sites (tertiary alicyclic amines) is 1. The van der Waals surface area contributed by atoms with E-state index in [1.54, 1.807) is 35.5 Å². The van der Waals surface area contributed by atoms with Gasteiger partial charge in [-0.2, -0.15) is 0 Å². The first kappa shape index (κ1) is 19.9. The Balaban J connectivity index is 1.38. The van der Waals surface area contributed by atoms with Gasteiger partial charge >= 0.3 is 6.36 Å². The van der Waals surface area contributed by atoms with E-state index < -0.39 is 6.36 Å². The Labute approximate surface area is 170 Å². The highest BCUT2D eigenvalue weighted by Crippen LogP contribution is 2.28. The van der Waals surface area contributed by atoms with Crippen LogP contribution in [0.25, 0.3) is 11.0 Å². The van der Waals surface area contributed by atoms with Crippen molar-refractivity contribution < 1.29 is 27.4 Å². The normalized spacial score (nSPS) is 15.2. The molecule has 4 rings (SSSR count). The monoisotopic (exact) mass is 417 g/mol. The van der Waals surface area contributed by atoms with Gasteiger partial charge in [-0.3, -0.25) is 4.79 Å². The van der Waals surface area contributed by atoms with Gasteiger partial charge in [0.1, 0.15) is 17.6 Å². The number of carbonyl (C=O) groups is 1. The molecule has 1 saturated heterocycles. The molecule has 0 unspecified atom stereocenters. The van der Waals surface area contributed by atoms with Crippen molar-refractivity contribution in [1.82, 2.24) is 14.9 Å². The third kappa shape index (κ3) is 4.61. The van der Waals surface area contributed by atoms with E-state index in [1.165, 1.54) is 18.2 Å². The van der Waals surface area contributed by atoms with Gasteiger partial charge in [0, 0.05) is 49.8 Å². The van der Waals surface area contributed by atoms with Crippen LogP contribution in [0, 0.1) is 0 Å². The molecule has 3 aromatic rings. The molecule has 0 bridgehead atoms. The molecule has 0 spiro atoms. The van der Waals surface area contributed by atoms with Gasteiger partial charge in [0.2, 0.25) is 0 Å². The molecule has 2 aromatic heterocycles. The molecule has 1 amide bonds. The van der Waals surface area contributed by atoms with Crippen molar-refractivity contribution >= 4 is 16.9 Å². The summed E-state index contributed by atoms with van der Waals surface area (Å²) >= 11 is 0. The maximum absolute atomic E-state index is 13.0. The molecular weight excluding hydrogens is 399 g/mol. The van der Waals surface area contributed by atoms with Gasteiger partial charge in [0.15, 0.2) is 5.65 Å². The lowest BCUT2D eigenvalue weighted by molar-refractivity contribution is -0.274. The second kappa shape index (κ2) is 8.17. The molecule has 30 heavy (non-hydrogen) atoms. The molecule has 1 fully saturated rings. The van der Waals surface area contributed by atoms with E-state index in [9.17, 15) is 18.0 Å². The zero-order valence-electron chi connectivity index (χ0n) is 15.8. The SMILES string of the molecule is O=C(c1ccnc2ncccc12)N1CCC(Oc2cccc(OC(F)(F)F)c2)CC1. The molecule has 1 aromatic carbocycles. The summed E-state index contributed by atoms with van der Waals surface area (Å²) in [6.07, 6.45) is -0.632. The number of alkyl halides is 3. The van der Waals surface area contributed by atoms with Crippen LogP contribution in [-0.4, -0.2) is 46.3 Å². The van der Waals surface area contributed by atoms with Crippen LogP contribution in [0.5, 0.6) is 11.5 Å². The van der Waals surface area contributed by atoms with Gasteiger partial charge in [-0.25, -0.2) is 9.97 Å². The van der Waals surface area contributed by atoms with Crippen LogP contribution < -0.4 is 9.47 Å². The predicted molar refractivity (Wildman–Crippen MR) is 102 cm³/mol. The van der Waals surface area contributed by atoms with Crippen molar-refractivity contribution in [1.29, 1.82) is 0 Å². The zero-order chi connectivity index (χ0) is 21.1. The molecule has 9 heteroatoms. The number of hydrogen-bond acceptors (Lipinski definition) is 5. The summed E-state index contributed by atoms with van der Waals surface area (Å²) in [5, 5.41) is 0.699. The highest BCUT2D eigenvalue weighted by Gasteiger charge is 2.31. The largest absolute Gasteiger partial charge is 0.573 e. The first-order valence-electron chi connectivity index (χ1n) is 9.40. The first-order chi connectivity index (χ1) is 14.4. The quantitative estimate of drug-likeness (QED) is 0.636. The summed E-state index contributed by atoms with van der Waals surface area (Å²) in [7, 11) is 0. The van der Waals surface area contributed by atoms with Crippen molar-refractivity contribution in [3.05, 3.63) is 60.4 Å². The van der Waals surface area contributed by atoms with E-state index >= 15 is 0 Å². The number of benzene rings is 1. The van der Waals surface area contributed by atoms with Gasteiger partial charge in [-0.1, -0.05) is 6.07 Å². The van der Waals surface area contributed by atoms with E-state index in [2.05, 4.69) is 14.7 Å². The van der Waals surface area contributed by atoms with Crippen LogP contribution in [0.4, 0.5) is 13.2 Å². The van der Waals surface area contributed by atoms with Gasteiger partial charge in [-0.15, -0.1) is 13.2 Å². The number of hydrogen-bond donors (Lipinski definition) is 0. The summed E-state index contributed by atoms with van der Waals surface area (Å²) in [4.78, 5) is 23.1. The van der Waals surface area contributed by atoms with Crippen LogP contribution in [-0.2, 0) is 0 Å². The summed E-state index contributed by atoms with van der Waals surface area (Å²) < 4.78 is 46.9. The Morgan fingerprint density at radius 2 is 1.73 bits per heavy atom. The Bertz CT molecular complexity index is 1040. The number of halogens is 3. The molecule has 0 N–H and O–H groups in total. The van der Waals surface area contributed by atoms with E-state index in [1.807, 2.05) is 6.07 Å². The van der Waals surface area contributed by atoms with Crippen molar-refractivity contribution in [3.63, 3.8) is 0 Å². The molecule has 1 aliphatic heterocycles. The fraction of sp³-hybridized carbons (Fsp3) is 0.286. The third-order valence-corrected chi connectivity index (χ3v) is 4.82. The zero-order valence-corrected chi connectivity index (χ0v) is 15.8. The molecule has 0 radical (unpaired) electrons. The van der Waals surface area contributed by atoms with Gasteiger partial charge in [0.25, 0.3) is 5.91 Å². The number of aromatic nitrogens is 2. The number of carbonyl (C=O) groups excluding carboxylic acids is 1. The molecule has 1 aliphatic rings. The maximum atomic E-state index is 13.0. The summed E-state index contributed by atoms with van der Waals surface area (Å²) in [5.41, 5.74) is 1.06. The van der Waals surface area contributed by atoms with Crippen molar-refractivity contribution in [2.24, 2.45) is 0 Å². The molecule has 0 atom stereocenters. The van der Waals surface area contributed by atoms with Crippen molar-refractivity contribution in [2.75, 3.05) is 13.1 Å². The van der Waals surface area contributed by atoms with Crippen molar-refractivity contribution in [2.45, 2.75) is 25.3 Å². The number of ether oxygens (including phenoxy) is 2. The summed E-state index contributed by atoms with van der Waals surface area (Å²) in [6.45, 7) is 0.957. The fourth-order valence-electron chi connectivity index (χ4n) is 3.45. The molecular formula is C21H18F3N3O3. The van der Waals surface area contributed by atoms with E-state index in [-0.39, 0.29) is 17.8 Å². The van der Waals surface area contributed by atoms with Gasteiger partial charge < -0.3 is 14.4 Å². The minimum atomic E-state index is -4.75. The lowest BCUT2D eigenvalue weighted by Crippen LogP contribution is -2.41. The second-order valence-corrected chi connectivity index (χ2v) is 6.87. The van der Waals surface area contributed by atoms with Crippen LogP contribution in [0.1, 0.15) is 23.2 Å². The van der Waals surface area contributed by atoms with Crippen LogP contribution >= 0.6 is 0 Å².